The Morgan fingerprint density at radius 3 is 2.20 bits per heavy atom. The van der Waals surface area contributed by atoms with Crippen LogP contribution in [0.15, 0.2) is 0 Å². The molecule has 0 bridgehead atoms. The molecule has 5 heteroatoms. The van der Waals surface area contributed by atoms with Gasteiger partial charge in [0.15, 0.2) is 0 Å². The van der Waals surface area contributed by atoms with Gasteiger partial charge in [-0.2, -0.15) is 0 Å². The molecule has 1 atom stereocenters. The SMILES string of the molecule is CCN(CC(=O)NC)C(C(=O)O)C(C)C. The summed E-state index contributed by atoms with van der Waals surface area (Å²) in [5, 5.41) is 11.5. The van der Waals surface area contributed by atoms with Gasteiger partial charge in [-0.25, -0.2) is 0 Å². The number of hydrogen-bond acceptors (Lipinski definition) is 3. The van der Waals surface area contributed by atoms with Gasteiger partial charge in [0.1, 0.15) is 6.04 Å². The lowest BCUT2D eigenvalue weighted by Crippen LogP contribution is -2.48. The van der Waals surface area contributed by atoms with Gasteiger partial charge in [0.2, 0.25) is 5.91 Å². The van der Waals surface area contributed by atoms with Crippen molar-refractivity contribution in [3.8, 4) is 0 Å². The van der Waals surface area contributed by atoms with Gasteiger partial charge in [-0.1, -0.05) is 20.8 Å². The minimum absolute atomic E-state index is 0.0212. The first kappa shape index (κ1) is 13.9. The van der Waals surface area contributed by atoms with E-state index >= 15 is 0 Å². The Balaban J connectivity index is 4.59. The molecule has 2 N–H and O–H groups in total. The number of hydrogen-bond donors (Lipinski definition) is 2. The van der Waals surface area contributed by atoms with E-state index in [-0.39, 0.29) is 18.4 Å². The number of nitrogens with one attached hydrogen (secondary N) is 1. The van der Waals surface area contributed by atoms with Crippen molar-refractivity contribution in [3.63, 3.8) is 0 Å². The molecule has 15 heavy (non-hydrogen) atoms. The fourth-order valence-corrected chi connectivity index (χ4v) is 1.53. The minimum Gasteiger partial charge on any atom is -0.480 e. The van der Waals surface area contributed by atoms with Crippen molar-refractivity contribution in [1.82, 2.24) is 10.2 Å². The summed E-state index contributed by atoms with van der Waals surface area (Å²) < 4.78 is 0. The van der Waals surface area contributed by atoms with Gasteiger partial charge >= 0.3 is 5.97 Å². The second kappa shape index (κ2) is 6.40. The van der Waals surface area contributed by atoms with Crippen LogP contribution in [-0.4, -0.2) is 48.1 Å². The highest BCUT2D eigenvalue weighted by Gasteiger charge is 2.28. The van der Waals surface area contributed by atoms with Gasteiger partial charge in [-0.15, -0.1) is 0 Å². The Morgan fingerprint density at radius 1 is 1.40 bits per heavy atom. The van der Waals surface area contributed by atoms with Crippen molar-refractivity contribution in [3.05, 3.63) is 0 Å². The molecule has 88 valence electrons. The highest BCUT2D eigenvalue weighted by atomic mass is 16.4. The molecule has 0 aliphatic carbocycles. The average molecular weight is 216 g/mol. The summed E-state index contributed by atoms with van der Waals surface area (Å²) in [7, 11) is 1.54. The topological polar surface area (TPSA) is 69.6 Å². The number of carbonyl (C=O) groups excluding carboxylic acids is 1. The number of aliphatic carboxylic acids is 1. The average Bonchev–Trinajstić information content (AvgIpc) is 2.15. The maximum Gasteiger partial charge on any atom is 0.321 e. The third kappa shape index (κ3) is 4.29. The van der Waals surface area contributed by atoms with Crippen LogP contribution in [0.5, 0.6) is 0 Å². The maximum absolute atomic E-state index is 11.2. The maximum atomic E-state index is 11.2. The monoisotopic (exact) mass is 216 g/mol. The van der Waals surface area contributed by atoms with Gasteiger partial charge in [0, 0.05) is 7.05 Å². The summed E-state index contributed by atoms with van der Waals surface area (Å²) in [6.07, 6.45) is 0. The van der Waals surface area contributed by atoms with Crippen molar-refractivity contribution in [2.45, 2.75) is 26.8 Å². The predicted molar refractivity (Wildman–Crippen MR) is 57.6 cm³/mol. The van der Waals surface area contributed by atoms with Crippen molar-refractivity contribution >= 4 is 11.9 Å². The van der Waals surface area contributed by atoms with E-state index in [1.54, 1.807) is 11.9 Å². The van der Waals surface area contributed by atoms with Crippen LogP contribution in [-0.2, 0) is 9.59 Å². The highest BCUT2D eigenvalue weighted by molar-refractivity contribution is 5.79. The Morgan fingerprint density at radius 2 is 1.93 bits per heavy atom. The van der Waals surface area contributed by atoms with Gasteiger partial charge < -0.3 is 10.4 Å². The molecule has 0 aromatic heterocycles. The van der Waals surface area contributed by atoms with E-state index in [0.717, 1.165) is 0 Å². The van der Waals surface area contributed by atoms with Crippen LogP contribution < -0.4 is 5.32 Å². The number of rotatable bonds is 6. The number of carbonyl (C=O) groups is 2. The second-order valence-electron chi connectivity index (χ2n) is 3.76. The zero-order valence-electron chi connectivity index (χ0n) is 9.78. The lowest BCUT2D eigenvalue weighted by atomic mass is 10.0. The minimum atomic E-state index is -0.879. The van der Waals surface area contributed by atoms with E-state index in [1.807, 2.05) is 20.8 Å². The smallest absolute Gasteiger partial charge is 0.321 e. The van der Waals surface area contributed by atoms with Crippen LogP contribution in [0, 0.1) is 5.92 Å². The van der Waals surface area contributed by atoms with E-state index in [1.165, 1.54) is 0 Å². The zero-order chi connectivity index (χ0) is 12.0. The second-order valence-corrected chi connectivity index (χ2v) is 3.76. The summed E-state index contributed by atoms with van der Waals surface area (Å²) in [4.78, 5) is 23.9. The molecule has 0 aliphatic heterocycles. The quantitative estimate of drug-likeness (QED) is 0.663. The summed E-state index contributed by atoms with van der Waals surface area (Å²) >= 11 is 0. The Hall–Kier alpha value is -1.10. The third-order valence-electron chi connectivity index (χ3n) is 2.31. The largest absolute Gasteiger partial charge is 0.480 e. The standard InChI is InChI=1S/C10H20N2O3/c1-5-12(6-8(13)11-4)9(7(2)3)10(14)15/h7,9H,5-6H2,1-4H3,(H,11,13)(H,14,15). The van der Waals surface area contributed by atoms with Crippen molar-refractivity contribution in [2.24, 2.45) is 5.92 Å². The van der Waals surface area contributed by atoms with Gasteiger partial charge in [-0.3, -0.25) is 14.5 Å². The molecule has 0 rings (SSSR count). The molecule has 0 radical (unpaired) electrons. The fraction of sp³-hybridized carbons (Fsp3) is 0.800. The van der Waals surface area contributed by atoms with E-state index in [0.29, 0.717) is 6.54 Å². The molecule has 0 saturated carbocycles. The predicted octanol–water partition coefficient (Wildman–Crippen LogP) is 0.164. The van der Waals surface area contributed by atoms with Crippen LogP contribution in [0.1, 0.15) is 20.8 Å². The van der Waals surface area contributed by atoms with E-state index < -0.39 is 12.0 Å². The molecule has 1 unspecified atom stereocenters. The summed E-state index contributed by atoms with van der Waals surface area (Å²) in [6.45, 7) is 6.20. The highest BCUT2D eigenvalue weighted by Crippen LogP contribution is 2.10. The lowest BCUT2D eigenvalue weighted by molar-refractivity contribution is -0.145. The Kier molecular flexibility index (Phi) is 5.93. The Bertz CT molecular complexity index is 229. The lowest BCUT2D eigenvalue weighted by Gasteiger charge is -2.29. The van der Waals surface area contributed by atoms with Crippen LogP contribution >= 0.6 is 0 Å². The summed E-state index contributed by atoms with van der Waals surface area (Å²) in [6, 6.07) is -0.604. The molecule has 0 aromatic rings. The Labute approximate surface area is 90.5 Å². The molecular weight excluding hydrogens is 196 g/mol. The molecule has 0 saturated heterocycles. The summed E-state index contributed by atoms with van der Waals surface area (Å²) in [5.41, 5.74) is 0. The fourth-order valence-electron chi connectivity index (χ4n) is 1.53. The van der Waals surface area contributed by atoms with Crippen LogP contribution in [0.25, 0.3) is 0 Å². The first-order chi connectivity index (χ1) is 6.93. The van der Waals surface area contributed by atoms with Gasteiger partial charge in [0.25, 0.3) is 0 Å². The molecule has 0 aromatic carbocycles. The van der Waals surface area contributed by atoms with E-state index in [4.69, 9.17) is 5.11 Å². The van der Waals surface area contributed by atoms with E-state index in [9.17, 15) is 9.59 Å². The first-order valence-electron chi connectivity index (χ1n) is 5.11. The number of nitrogens with zero attached hydrogens (tertiary/aromatic N) is 1. The normalized spacial score (nSPS) is 12.9. The van der Waals surface area contributed by atoms with Crippen LogP contribution in [0.2, 0.25) is 0 Å². The molecule has 0 spiro atoms. The molecule has 0 fully saturated rings. The van der Waals surface area contributed by atoms with E-state index in [2.05, 4.69) is 5.32 Å². The molecule has 0 aliphatic rings. The third-order valence-corrected chi connectivity index (χ3v) is 2.31. The number of amides is 1. The van der Waals surface area contributed by atoms with Crippen LogP contribution in [0.4, 0.5) is 0 Å². The number of carboxylic acid groups (broad SMARTS) is 1. The number of carboxylic acids is 1. The van der Waals surface area contributed by atoms with Crippen LogP contribution in [0.3, 0.4) is 0 Å². The van der Waals surface area contributed by atoms with Gasteiger partial charge in [0.05, 0.1) is 6.54 Å². The molecule has 1 amide bonds. The summed E-state index contributed by atoms with van der Waals surface area (Å²) in [5.74, 6) is -1.06. The molecule has 0 heterocycles. The zero-order valence-corrected chi connectivity index (χ0v) is 9.78. The van der Waals surface area contributed by atoms with Crippen molar-refractivity contribution < 1.29 is 14.7 Å². The van der Waals surface area contributed by atoms with Gasteiger partial charge in [-0.05, 0) is 12.5 Å². The first-order valence-corrected chi connectivity index (χ1v) is 5.11. The van der Waals surface area contributed by atoms with Crippen molar-refractivity contribution in [1.29, 1.82) is 0 Å². The number of likely N-dealkylation sites (N-methyl/N-ethyl adjacent to an activating group) is 2. The molecule has 5 nitrogen and oxygen atoms in total. The van der Waals surface area contributed by atoms with Crippen molar-refractivity contribution in [2.75, 3.05) is 20.1 Å². The molecular formula is C10H20N2O3.